The first-order chi connectivity index (χ1) is 17.0. The minimum atomic E-state index is -0.824. The number of rotatable bonds is 12. The van der Waals surface area contributed by atoms with Crippen LogP contribution in [0, 0.1) is 5.82 Å². The lowest BCUT2D eigenvalue weighted by molar-refractivity contribution is -0.142. The Bertz CT molecular complexity index is 1090. The Kier molecular flexibility index (Phi) is 10.3. The lowest BCUT2D eigenvalue weighted by Gasteiger charge is -2.31. The number of unbranched alkanes of at least 4 members (excludes halogenated alkanes) is 1. The van der Waals surface area contributed by atoms with E-state index in [1.165, 1.54) is 11.0 Å². The third-order valence-corrected chi connectivity index (χ3v) is 6.10. The van der Waals surface area contributed by atoms with Crippen molar-refractivity contribution in [2.24, 2.45) is 0 Å². The van der Waals surface area contributed by atoms with Crippen LogP contribution in [0.25, 0.3) is 0 Å². The molecule has 0 aliphatic heterocycles. The first-order valence-electron chi connectivity index (χ1n) is 11.7. The molecule has 0 bridgehead atoms. The van der Waals surface area contributed by atoms with Crippen LogP contribution in [0.3, 0.4) is 0 Å². The number of carbonyl (C=O) groups is 2. The molecule has 184 valence electrons. The smallest absolute Gasteiger partial charge is 0.261 e. The van der Waals surface area contributed by atoms with E-state index in [1.807, 2.05) is 49.4 Å². The summed E-state index contributed by atoms with van der Waals surface area (Å²) in [6, 6.07) is 22.1. The van der Waals surface area contributed by atoms with E-state index < -0.39 is 17.8 Å². The Morgan fingerprint density at radius 3 is 2.37 bits per heavy atom. The van der Waals surface area contributed by atoms with E-state index in [4.69, 9.17) is 4.74 Å². The number of ether oxygens (including phenoxy) is 1. The third-order valence-electron chi connectivity index (χ3n) is 5.58. The zero-order chi connectivity index (χ0) is 25.0. The summed E-state index contributed by atoms with van der Waals surface area (Å²) in [5, 5.41) is 2.95. The Morgan fingerprint density at radius 2 is 1.69 bits per heavy atom. The maximum atomic E-state index is 14.6. The van der Waals surface area contributed by atoms with Crippen LogP contribution in [0.15, 0.2) is 83.3 Å². The number of carbonyl (C=O) groups excluding carboxylic acids is 2. The molecule has 0 spiro atoms. The van der Waals surface area contributed by atoms with Gasteiger partial charge < -0.3 is 15.0 Å². The molecule has 0 saturated carbocycles. The van der Waals surface area contributed by atoms with Gasteiger partial charge in [0.15, 0.2) is 6.61 Å². The predicted molar refractivity (Wildman–Crippen MR) is 138 cm³/mol. The maximum absolute atomic E-state index is 14.6. The van der Waals surface area contributed by atoms with Crippen LogP contribution in [0.4, 0.5) is 4.39 Å². The molecule has 3 aromatic carbocycles. The third kappa shape index (κ3) is 8.21. The highest BCUT2D eigenvalue weighted by Crippen LogP contribution is 2.19. The zero-order valence-corrected chi connectivity index (χ0v) is 21.3. The summed E-state index contributed by atoms with van der Waals surface area (Å²) in [6.45, 7) is 2.23. The highest BCUT2D eigenvalue weighted by atomic mass is 79.9. The molecule has 5 nitrogen and oxygen atoms in total. The molecule has 0 heterocycles. The standard InChI is InChI=1S/C28H30BrFN2O3/c1-2-3-17-31-28(34)26(18-21-9-5-4-6-10-21)32(19-22-11-7-8-12-25(22)30)27(33)20-35-24-15-13-23(29)14-16-24/h4-16,26H,2-3,17-20H2,1H3,(H,31,34)/t26-/m0/s1. The molecule has 7 heteroatoms. The number of nitrogens with one attached hydrogen (secondary N) is 1. The molecule has 1 N–H and O–H groups in total. The van der Waals surface area contributed by atoms with Gasteiger partial charge in [-0.2, -0.15) is 0 Å². The van der Waals surface area contributed by atoms with Crippen LogP contribution < -0.4 is 10.1 Å². The molecule has 2 amide bonds. The van der Waals surface area contributed by atoms with E-state index in [-0.39, 0.29) is 19.1 Å². The lowest BCUT2D eigenvalue weighted by Crippen LogP contribution is -2.52. The fraction of sp³-hybridized carbons (Fsp3) is 0.286. The van der Waals surface area contributed by atoms with Gasteiger partial charge in [0.25, 0.3) is 5.91 Å². The second-order valence-corrected chi connectivity index (χ2v) is 9.12. The van der Waals surface area contributed by atoms with Gasteiger partial charge in [-0.1, -0.05) is 77.8 Å². The van der Waals surface area contributed by atoms with Crippen molar-refractivity contribution in [3.05, 3.63) is 100 Å². The van der Waals surface area contributed by atoms with Crippen molar-refractivity contribution in [3.63, 3.8) is 0 Å². The summed E-state index contributed by atoms with van der Waals surface area (Å²) >= 11 is 3.37. The van der Waals surface area contributed by atoms with Crippen molar-refractivity contribution in [2.45, 2.75) is 38.8 Å². The van der Waals surface area contributed by atoms with E-state index in [9.17, 15) is 14.0 Å². The van der Waals surface area contributed by atoms with Gasteiger partial charge >= 0.3 is 0 Å². The monoisotopic (exact) mass is 540 g/mol. The van der Waals surface area contributed by atoms with Crippen molar-refractivity contribution in [1.82, 2.24) is 10.2 Å². The Morgan fingerprint density at radius 1 is 1.00 bits per heavy atom. The van der Waals surface area contributed by atoms with Crippen LogP contribution in [0.2, 0.25) is 0 Å². The van der Waals surface area contributed by atoms with Crippen molar-refractivity contribution in [2.75, 3.05) is 13.2 Å². The van der Waals surface area contributed by atoms with E-state index in [1.54, 1.807) is 30.3 Å². The van der Waals surface area contributed by atoms with Gasteiger partial charge in [-0.25, -0.2) is 4.39 Å². The highest BCUT2D eigenvalue weighted by Gasteiger charge is 2.31. The van der Waals surface area contributed by atoms with E-state index in [0.717, 1.165) is 22.9 Å². The molecule has 0 unspecified atom stereocenters. The zero-order valence-electron chi connectivity index (χ0n) is 19.8. The Balaban J connectivity index is 1.88. The van der Waals surface area contributed by atoms with Crippen molar-refractivity contribution < 1.29 is 18.7 Å². The second-order valence-electron chi connectivity index (χ2n) is 8.21. The van der Waals surface area contributed by atoms with Crippen molar-refractivity contribution in [3.8, 4) is 5.75 Å². The largest absolute Gasteiger partial charge is 0.484 e. The van der Waals surface area contributed by atoms with Crippen LogP contribution in [0.5, 0.6) is 5.75 Å². The first kappa shape index (κ1) is 26.4. The van der Waals surface area contributed by atoms with Crippen molar-refractivity contribution in [1.29, 1.82) is 0 Å². The summed E-state index contributed by atoms with van der Waals surface area (Å²) in [4.78, 5) is 28.2. The van der Waals surface area contributed by atoms with E-state index >= 15 is 0 Å². The molecule has 35 heavy (non-hydrogen) atoms. The number of benzene rings is 3. The molecule has 0 saturated heterocycles. The number of halogens is 2. The first-order valence-corrected chi connectivity index (χ1v) is 12.5. The average Bonchev–Trinajstić information content (AvgIpc) is 2.87. The van der Waals surface area contributed by atoms with Crippen LogP contribution in [0.1, 0.15) is 30.9 Å². The molecule has 0 aromatic heterocycles. The van der Waals surface area contributed by atoms with Gasteiger partial charge in [-0.3, -0.25) is 9.59 Å². The minimum absolute atomic E-state index is 0.0477. The fourth-order valence-electron chi connectivity index (χ4n) is 3.63. The minimum Gasteiger partial charge on any atom is -0.484 e. The van der Waals surface area contributed by atoms with Crippen LogP contribution in [-0.2, 0) is 22.6 Å². The van der Waals surface area contributed by atoms with Crippen molar-refractivity contribution >= 4 is 27.7 Å². The van der Waals surface area contributed by atoms with E-state index in [0.29, 0.717) is 24.3 Å². The normalized spacial score (nSPS) is 11.5. The summed E-state index contributed by atoms with van der Waals surface area (Å²) < 4.78 is 21.2. The molecule has 0 aliphatic carbocycles. The molecule has 0 fully saturated rings. The highest BCUT2D eigenvalue weighted by molar-refractivity contribution is 9.10. The van der Waals surface area contributed by atoms with Gasteiger partial charge in [0.05, 0.1) is 0 Å². The average molecular weight is 541 g/mol. The molecule has 1 atom stereocenters. The number of amides is 2. The number of nitrogens with zero attached hydrogens (tertiary/aromatic N) is 1. The van der Waals surface area contributed by atoms with Crippen LogP contribution in [-0.4, -0.2) is 35.9 Å². The topological polar surface area (TPSA) is 58.6 Å². The number of hydrogen-bond donors (Lipinski definition) is 1. The summed E-state index contributed by atoms with van der Waals surface area (Å²) in [6.07, 6.45) is 2.07. The lowest BCUT2D eigenvalue weighted by atomic mass is 10.0. The van der Waals surface area contributed by atoms with Gasteiger partial charge in [0.2, 0.25) is 5.91 Å². The maximum Gasteiger partial charge on any atom is 0.261 e. The van der Waals surface area contributed by atoms with Gasteiger partial charge in [0.1, 0.15) is 17.6 Å². The van der Waals surface area contributed by atoms with Gasteiger partial charge in [0, 0.05) is 29.5 Å². The molecular formula is C28H30BrFN2O3. The molecule has 3 aromatic rings. The Labute approximate surface area is 214 Å². The number of hydrogen-bond acceptors (Lipinski definition) is 3. The molecule has 3 rings (SSSR count). The molecule has 0 aliphatic rings. The quantitative estimate of drug-likeness (QED) is 0.307. The second kappa shape index (κ2) is 13.6. The predicted octanol–water partition coefficient (Wildman–Crippen LogP) is 5.52. The SMILES string of the molecule is CCCCNC(=O)[C@H](Cc1ccccc1)N(Cc1ccccc1F)C(=O)COc1ccc(Br)cc1. The molecular weight excluding hydrogens is 511 g/mol. The fourth-order valence-corrected chi connectivity index (χ4v) is 3.89. The summed E-state index contributed by atoms with van der Waals surface area (Å²) in [7, 11) is 0. The summed E-state index contributed by atoms with van der Waals surface area (Å²) in [5.41, 5.74) is 1.24. The summed E-state index contributed by atoms with van der Waals surface area (Å²) in [5.74, 6) is -0.568. The van der Waals surface area contributed by atoms with Gasteiger partial charge in [-0.15, -0.1) is 0 Å². The Hall–Kier alpha value is -3.19. The van der Waals surface area contributed by atoms with Gasteiger partial charge in [-0.05, 0) is 42.3 Å². The molecule has 0 radical (unpaired) electrons. The van der Waals surface area contributed by atoms with Crippen LogP contribution >= 0.6 is 15.9 Å². The van der Waals surface area contributed by atoms with E-state index in [2.05, 4.69) is 21.2 Å².